The molecule has 4 heterocycles. The maximum atomic E-state index is 12.8. The third kappa shape index (κ3) is 6.02. The van der Waals surface area contributed by atoms with Crippen molar-refractivity contribution in [2.45, 2.75) is 70.0 Å². The number of nitrogens with zero attached hydrogens (tertiary/aromatic N) is 3. The molecule has 0 saturated carbocycles. The second kappa shape index (κ2) is 11.1. The van der Waals surface area contributed by atoms with E-state index in [9.17, 15) is 9.90 Å². The quantitative estimate of drug-likeness (QED) is 0.334. The highest BCUT2D eigenvalue weighted by Gasteiger charge is 2.45. The number of piperidine rings is 2. The van der Waals surface area contributed by atoms with E-state index in [1.807, 2.05) is 13.8 Å². The Morgan fingerprint density at radius 2 is 1.78 bits per heavy atom. The minimum absolute atomic E-state index is 0.00526. The number of hydrogen-bond donors (Lipinski definition) is 6. The highest BCUT2D eigenvalue weighted by atomic mass is 16.3. The van der Waals surface area contributed by atoms with Crippen molar-refractivity contribution in [2.24, 2.45) is 17.8 Å². The number of nitrogens with one attached hydrogen (secondary N) is 5. The van der Waals surface area contributed by atoms with Gasteiger partial charge in [-0.05, 0) is 75.6 Å². The Kier molecular flexibility index (Phi) is 7.88. The molecule has 37 heavy (non-hydrogen) atoms. The van der Waals surface area contributed by atoms with Gasteiger partial charge >= 0.3 is 0 Å². The van der Waals surface area contributed by atoms with Crippen LogP contribution in [0.1, 0.15) is 46.0 Å². The summed E-state index contributed by atoms with van der Waals surface area (Å²) in [5.41, 5.74) is 7.37. The zero-order valence-electron chi connectivity index (χ0n) is 22.0. The zero-order chi connectivity index (χ0) is 26.0. The van der Waals surface area contributed by atoms with Gasteiger partial charge in [0.2, 0.25) is 5.91 Å². The molecule has 4 unspecified atom stereocenters. The van der Waals surface area contributed by atoms with Gasteiger partial charge in [-0.2, -0.15) is 5.26 Å². The Balaban J connectivity index is 1.23. The lowest BCUT2D eigenvalue weighted by Crippen LogP contribution is -2.77. The van der Waals surface area contributed by atoms with Gasteiger partial charge in [0.05, 0.1) is 23.8 Å². The summed E-state index contributed by atoms with van der Waals surface area (Å²) in [7, 11) is 0. The number of anilines is 2. The number of fused-ring (bicyclic) bond motifs is 1. The number of likely N-dealkylation sites (tertiary alicyclic amines) is 1. The van der Waals surface area contributed by atoms with Gasteiger partial charge in [0.25, 0.3) is 0 Å². The number of carbonyl (C=O) groups excluding carboxylic acids is 1. The molecular weight excluding hydrogens is 468 g/mol. The Hall–Kier alpha value is -2.42. The molecule has 0 aliphatic carbocycles. The van der Waals surface area contributed by atoms with Gasteiger partial charge in [-0.15, -0.1) is 0 Å². The van der Waals surface area contributed by atoms with Crippen LogP contribution in [-0.2, 0) is 4.79 Å². The van der Waals surface area contributed by atoms with E-state index in [2.05, 4.69) is 66.9 Å². The van der Waals surface area contributed by atoms with Gasteiger partial charge in [0.15, 0.2) is 0 Å². The van der Waals surface area contributed by atoms with Gasteiger partial charge in [0, 0.05) is 56.6 Å². The number of carbonyl (C=O) groups is 1. The van der Waals surface area contributed by atoms with Crippen molar-refractivity contribution in [1.82, 2.24) is 26.4 Å². The first kappa shape index (κ1) is 26.2. The average Bonchev–Trinajstić information content (AvgIpc) is 2.89. The van der Waals surface area contributed by atoms with E-state index in [0.29, 0.717) is 24.8 Å². The van der Waals surface area contributed by atoms with Crippen molar-refractivity contribution in [1.29, 1.82) is 5.26 Å². The Morgan fingerprint density at radius 1 is 1.08 bits per heavy atom. The van der Waals surface area contributed by atoms with Crippen LogP contribution in [0.15, 0.2) is 24.3 Å². The highest BCUT2D eigenvalue weighted by Crippen LogP contribution is 2.31. The minimum atomic E-state index is -0.620. The van der Waals surface area contributed by atoms with E-state index < -0.39 is 5.60 Å². The summed E-state index contributed by atoms with van der Waals surface area (Å²) in [6, 6.07) is 10.8. The minimum Gasteiger partial charge on any atom is -0.390 e. The zero-order valence-corrected chi connectivity index (χ0v) is 22.0. The first-order valence-corrected chi connectivity index (χ1v) is 13.8. The van der Waals surface area contributed by atoms with Crippen LogP contribution < -0.4 is 31.7 Å². The van der Waals surface area contributed by atoms with Crippen molar-refractivity contribution >= 4 is 17.3 Å². The molecular formula is C27H42N8O2. The lowest BCUT2D eigenvalue weighted by molar-refractivity contribution is -0.132. The molecule has 0 spiro atoms. The third-order valence-electron chi connectivity index (χ3n) is 8.78. The van der Waals surface area contributed by atoms with Crippen molar-refractivity contribution < 1.29 is 9.90 Å². The molecule has 5 rings (SSSR count). The van der Waals surface area contributed by atoms with E-state index in [1.165, 1.54) is 5.69 Å². The van der Waals surface area contributed by atoms with Gasteiger partial charge in [-0.3, -0.25) is 25.8 Å². The molecule has 10 nitrogen and oxygen atoms in total. The van der Waals surface area contributed by atoms with Crippen LogP contribution in [0.25, 0.3) is 0 Å². The van der Waals surface area contributed by atoms with E-state index in [1.54, 1.807) is 0 Å². The lowest BCUT2D eigenvalue weighted by Gasteiger charge is -2.49. The second-order valence-corrected chi connectivity index (χ2v) is 11.7. The van der Waals surface area contributed by atoms with Crippen molar-refractivity contribution in [3.63, 3.8) is 0 Å². The summed E-state index contributed by atoms with van der Waals surface area (Å²) >= 11 is 0. The van der Waals surface area contributed by atoms with Crippen LogP contribution in [0.3, 0.4) is 0 Å². The van der Waals surface area contributed by atoms with Gasteiger partial charge in [-0.1, -0.05) is 0 Å². The second-order valence-electron chi connectivity index (χ2n) is 11.7. The Labute approximate surface area is 220 Å². The normalized spacial score (nSPS) is 30.3. The largest absolute Gasteiger partial charge is 0.390 e. The van der Waals surface area contributed by atoms with Crippen LogP contribution in [0.5, 0.6) is 0 Å². The van der Waals surface area contributed by atoms with Crippen LogP contribution in [0.2, 0.25) is 0 Å². The van der Waals surface area contributed by atoms with Crippen LogP contribution in [0, 0.1) is 29.1 Å². The third-order valence-corrected chi connectivity index (χ3v) is 8.78. The molecule has 0 radical (unpaired) electrons. The van der Waals surface area contributed by atoms with Gasteiger partial charge in [0.1, 0.15) is 6.29 Å². The number of hydrazine groups is 1. The van der Waals surface area contributed by atoms with Crippen LogP contribution in [0.4, 0.5) is 11.4 Å². The van der Waals surface area contributed by atoms with Crippen LogP contribution in [-0.4, -0.2) is 72.7 Å². The molecule has 10 heteroatoms. The summed E-state index contributed by atoms with van der Waals surface area (Å²) < 4.78 is 0. The molecule has 4 aliphatic heterocycles. The first-order chi connectivity index (χ1) is 17.8. The Morgan fingerprint density at radius 3 is 2.43 bits per heavy atom. The fourth-order valence-corrected chi connectivity index (χ4v) is 6.39. The van der Waals surface area contributed by atoms with E-state index >= 15 is 0 Å². The van der Waals surface area contributed by atoms with Crippen molar-refractivity contribution in [3.05, 3.63) is 24.3 Å². The number of benzene rings is 1. The molecule has 1 amide bonds. The molecule has 4 saturated heterocycles. The molecule has 6 N–H and O–H groups in total. The van der Waals surface area contributed by atoms with E-state index in [4.69, 9.17) is 5.26 Å². The fourth-order valence-electron chi connectivity index (χ4n) is 6.39. The summed E-state index contributed by atoms with van der Waals surface area (Å²) in [6.45, 7) is 8.24. The summed E-state index contributed by atoms with van der Waals surface area (Å²) in [4.78, 5) is 17.6. The average molecular weight is 511 g/mol. The van der Waals surface area contributed by atoms with Gasteiger partial charge < -0.3 is 15.3 Å². The van der Waals surface area contributed by atoms with Crippen molar-refractivity contribution in [3.8, 4) is 6.07 Å². The predicted molar refractivity (Wildman–Crippen MR) is 143 cm³/mol. The standard InChI is InChI=1S/C27H42N8O2/c1-27(2,37)19-10-15-34(16-11-19)21-5-3-20(4-6-21)30-24-23-22(17-29-33-25(23)36)31-26(32-24)35-13-8-18(7-12-28)9-14-35/h3-6,18-19,22-24,26,29-32,37H,7-11,13-17H2,1-2H3,(H,33,36). The monoisotopic (exact) mass is 510 g/mol. The molecule has 0 aromatic heterocycles. The molecule has 1 aromatic carbocycles. The first-order valence-electron chi connectivity index (χ1n) is 13.8. The molecule has 4 aliphatic rings. The maximum Gasteiger partial charge on any atom is 0.242 e. The topological polar surface area (TPSA) is 128 Å². The number of hydrogen-bond acceptors (Lipinski definition) is 9. The fraction of sp³-hybridized carbons (Fsp3) is 0.704. The summed E-state index contributed by atoms with van der Waals surface area (Å²) in [5.74, 6) is 0.540. The predicted octanol–water partition coefficient (Wildman–Crippen LogP) is 1.13. The van der Waals surface area contributed by atoms with E-state index in [0.717, 1.165) is 57.5 Å². The van der Waals surface area contributed by atoms with Crippen molar-refractivity contribution in [2.75, 3.05) is 42.9 Å². The summed E-state index contributed by atoms with van der Waals surface area (Å²) in [5, 5.41) is 30.3. The highest BCUT2D eigenvalue weighted by molar-refractivity contribution is 5.81. The molecule has 202 valence electrons. The SMILES string of the molecule is CC(C)(O)C1CCN(c2ccc(NC3NC(N4CCC(CC#N)CC4)NC4CNNC(=O)C43)cc2)CC1. The molecule has 0 bridgehead atoms. The smallest absolute Gasteiger partial charge is 0.242 e. The maximum absolute atomic E-state index is 12.8. The number of aliphatic hydroxyl groups is 1. The number of nitriles is 1. The Bertz CT molecular complexity index is 958. The molecule has 4 atom stereocenters. The van der Waals surface area contributed by atoms with Gasteiger partial charge in [-0.25, -0.2) is 5.43 Å². The lowest BCUT2D eigenvalue weighted by atomic mass is 9.83. The summed E-state index contributed by atoms with van der Waals surface area (Å²) in [6.07, 6.45) is 4.40. The number of amides is 1. The van der Waals surface area contributed by atoms with Crippen LogP contribution >= 0.6 is 0 Å². The van der Waals surface area contributed by atoms with E-state index in [-0.39, 0.29) is 30.3 Å². The molecule has 4 fully saturated rings. The number of rotatable bonds is 6. The molecule has 1 aromatic rings.